The van der Waals surface area contributed by atoms with Gasteiger partial charge in [0.05, 0.1) is 10.8 Å². The number of rotatable bonds is 5. The first-order chi connectivity index (χ1) is 11.9. The molecule has 0 bridgehead atoms. The summed E-state index contributed by atoms with van der Waals surface area (Å²) in [7, 11) is -2.28. The lowest BCUT2D eigenvalue weighted by Crippen LogP contribution is -2.43. The highest BCUT2D eigenvalue weighted by Crippen LogP contribution is 2.63. The Kier molecular flexibility index (Phi) is 5.85. The van der Waals surface area contributed by atoms with E-state index in [0.717, 1.165) is 0 Å². The largest absolute Gasteiger partial charge is 0.405 e. The molecule has 1 fully saturated rings. The average Bonchev–Trinajstić information content (AvgIpc) is 3.01. The maximum atomic E-state index is 13.9. The molecule has 1 aromatic heterocycles. The van der Waals surface area contributed by atoms with E-state index in [4.69, 9.17) is 0 Å². The Balaban J connectivity index is 2.46. The van der Waals surface area contributed by atoms with Gasteiger partial charge in [-0.05, 0) is 34.5 Å². The Morgan fingerprint density at radius 2 is 1.73 bits per heavy atom. The lowest BCUT2D eigenvalue weighted by molar-refractivity contribution is -0.171. The van der Waals surface area contributed by atoms with Crippen LogP contribution in [0.2, 0.25) is 16.6 Å². The molecule has 1 aliphatic rings. The predicted molar refractivity (Wildman–Crippen MR) is 104 cm³/mol. The Labute approximate surface area is 159 Å². The van der Waals surface area contributed by atoms with Gasteiger partial charge in [0.2, 0.25) is 0 Å². The molecule has 0 N–H and O–H groups in total. The first kappa shape index (κ1) is 21.2. The smallest absolute Gasteiger partial charge is 0.293 e. The van der Waals surface area contributed by atoms with Crippen LogP contribution >= 0.6 is 11.3 Å². The van der Waals surface area contributed by atoms with Gasteiger partial charge in [0.15, 0.2) is 5.78 Å². The predicted octanol–water partition coefficient (Wildman–Crippen LogP) is 6.72. The van der Waals surface area contributed by atoms with Crippen molar-refractivity contribution < 1.29 is 18.0 Å². The summed E-state index contributed by atoms with van der Waals surface area (Å²) in [4.78, 5) is 12.9. The summed E-state index contributed by atoms with van der Waals surface area (Å²) in [5, 5.41) is 1.71. The summed E-state index contributed by atoms with van der Waals surface area (Å²) in [6.45, 7) is 12.4. The van der Waals surface area contributed by atoms with E-state index in [0.29, 0.717) is 4.88 Å². The fourth-order valence-corrected chi connectivity index (χ4v) is 10.4. The lowest BCUT2D eigenvalue weighted by atomic mass is 10.0. The maximum Gasteiger partial charge on any atom is 0.405 e. The van der Waals surface area contributed by atoms with Gasteiger partial charge in [-0.25, -0.2) is 0 Å². The van der Waals surface area contributed by atoms with Gasteiger partial charge >= 0.3 is 6.18 Å². The van der Waals surface area contributed by atoms with Crippen LogP contribution in [0.1, 0.15) is 57.6 Å². The first-order valence-corrected chi connectivity index (χ1v) is 12.2. The molecule has 0 saturated heterocycles. The van der Waals surface area contributed by atoms with E-state index in [9.17, 15) is 18.0 Å². The Morgan fingerprint density at radius 1 is 1.19 bits per heavy atom. The number of halogens is 3. The van der Waals surface area contributed by atoms with Crippen LogP contribution in [0.4, 0.5) is 13.2 Å². The summed E-state index contributed by atoms with van der Waals surface area (Å²) < 4.78 is 41.7. The molecule has 1 aliphatic carbocycles. The third kappa shape index (κ3) is 3.40. The third-order valence-electron chi connectivity index (χ3n) is 5.92. The number of hydrogen-bond acceptors (Lipinski definition) is 2. The minimum Gasteiger partial charge on any atom is -0.293 e. The van der Waals surface area contributed by atoms with Gasteiger partial charge in [-0.2, -0.15) is 13.2 Å². The normalized spacial score (nSPS) is 23.3. The zero-order valence-corrected chi connectivity index (χ0v) is 18.0. The van der Waals surface area contributed by atoms with Crippen molar-refractivity contribution >= 4 is 25.2 Å². The van der Waals surface area contributed by atoms with Crippen LogP contribution in [-0.2, 0) is 0 Å². The monoisotopic (exact) mass is 400 g/mol. The van der Waals surface area contributed by atoms with E-state index in [2.05, 4.69) is 53.0 Å². The number of thiophene rings is 1. The van der Waals surface area contributed by atoms with Crippen molar-refractivity contribution in [1.29, 1.82) is 0 Å². The van der Waals surface area contributed by atoms with E-state index in [1.54, 1.807) is 17.5 Å². The molecule has 2 rings (SSSR count). The number of carbonyl (C=O) groups excluding carboxylic acids is 1. The Bertz CT molecular complexity index is 688. The standard InChI is InChI=1S/C20H27F3OSSi/c1-13(2)26(14(3)4,15(5)6)11-9-19(20(21,22)23)12-16(19)18(24)17-8-7-10-25-17/h7-8,10,13-16H,12H2,1-6H3. The molecule has 0 amide bonds. The van der Waals surface area contributed by atoms with Crippen molar-refractivity contribution in [3.05, 3.63) is 22.4 Å². The minimum atomic E-state index is -4.48. The van der Waals surface area contributed by atoms with Gasteiger partial charge in [-0.15, -0.1) is 16.9 Å². The Hall–Kier alpha value is -1.06. The molecular formula is C20H27F3OSSi. The molecule has 1 heterocycles. The second-order valence-corrected chi connectivity index (χ2v) is 14.7. The summed E-state index contributed by atoms with van der Waals surface area (Å²) >= 11 is 1.19. The van der Waals surface area contributed by atoms with Gasteiger partial charge in [0, 0.05) is 0 Å². The zero-order chi connectivity index (χ0) is 19.9. The van der Waals surface area contributed by atoms with Crippen molar-refractivity contribution in [2.24, 2.45) is 11.3 Å². The molecule has 0 aromatic carbocycles. The van der Waals surface area contributed by atoms with Crippen molar-refractivity contribution in [2.45, 2.75) is 70.8 Å². The lowest BCUT2D eigenvalue weighted by Gasteiger charge is -2.38. The number of ketones is 1. The van der Waals surface area contributed by atoms with Crippen LogP contribution in [0, 0.1) is 22.8 Å². The number of alkyl halides is 3. The molecule has 144 valence electrons. The maximum absolute atomic E-state index is 13.9. The minimum absolute atomic E-state index is 0.209. The third-order valence-corrected chi connectivity index (χ3v) is 13.1. The van der Waals surface area contributed by atoms with E-state index in [-0.39, 0.29) is 23.0 Å². The fourth-order valence-electron chi connectivity index (χ4n) is 4.35. The molecule has 26 heavy (non-hydrogen) atoms. The number of carbonyl (C=O) groups is 1. The highest BCUT2D eigenvalue weighted by Gasteiger charge is 2.72. The quantitative estimate of drug-likeness (QED) is 0.304. The van der Waals surface area contributed by atoms with Crippen LogP contribution in [-0.4, -0.2) is 20.0 Å². The number of Topliss-reactive ketones (excluding diaryl/α,β-unsaturated/α-hetero) is 1. The van der Waals surface area contributed by atoms with Crippen molar-refractivity contribution in [3.63, 3.8) is 0 Å². The zero-order valence-electron chi connectivity index (χ0n) is 16.2. The fraction of sp³-hybridized carbons (Fsp3) is 0.650. The average molecular weight is 401 g/mol. The summed E-state index contributed by atoms with van der Waals surface area (Å²) in [5.74, 6) is 1.18. The topological polar surface area (TPSA) is 17.1 Å². The van der Waals surface area contributed by atoms with E-state index in [1.165, 1.54) is 11.3 Å². The highest BCUT2D eigenvalue weighted by atomic mass is 32.1. The van der Waals surface area contributed by atoms with E-state index < -0.39 is 31.4 Å². The molecule has 1 nitrogen and oxygen atoms in total. The van der Waals surface area contributed by atoms with Crippen LogP contribution in [0.25, 0.3) is 0 Å². The number of hydrogen-bond donors (Lipinski definition) is 0. The summed E-state index contributed by atoms with van der Waals surface area (Å²) in [6, 6.07) is 3.28. The van der Waals surface area contributed by atoms with Crippen LogP contribution < -0.4 is 0 Å². The molecule has 6 heteroatoms. The van der Waals surface area contributed by atoms with Crippen LogP contribution in [0.5, 0.6) is 0 Å². The van der Waals surface area contributed by atoms with Gasteiger partial charge in [-0.3, -0.25) is 4.79 Å². The highest BCUT2D eigenvalue weighted by molar-refractivity contribution is 7.12. The van der Waals surface area contributed by atoms with E-state index >= 15 is 0 Å². The van der Waals surface area contributed by atoms with Gasteiger partial charge in [-0.1, -0.05) is 53.5 Å². The molecule has 0 spiro atoms. The molecule has 1 saturated carbocycles. The van der Waals surface area contributed by atoms with Gasteiger partial charge in [0.25, 0.3) is 0 Å². The second kappa shape index (κ2) is 7.16. The molecule has 2 unspecified atom stereocenters. The summed E-state index contributed by atoms with van der Waals surface area (Å²) in [5.41, 5.74) is 1.79. The second-order valence-electron chi connectivity index (χ2n) is 8.21. The molecule has 0 aliphatic heterocycles. The van der Waals surface area contributed by atoms with Gasteiger partial charge < -0.3 is 0 Å². The first-order valence-electron chi connectivity index (χ1n) is 9.09. The molecular weight excluding hydrogens is 373 g/mol. The molecule has 1 aromatic rings. The summed E-state index contributed by atoms with van der Waals surface area (Å²) in [6.07, 6.45) is -4.69. The SMILES string of the molecule is CC(C)[Si](C#CC1(C(F)(F)F)CC1C(=O)c1cccs1)(C(C)C)C(C)C. The van der Waals surface area contributed by atoms with Crippen LogP contribution in [0.15, 0.2) is 17.5 Å². The Morgan fingerprint density at radius 3 is 2.12 bits per heavy atom. The van der Waals surface area contributed by atoms with E-state index in [1.807, 2.05) is 0 Å². The van der Waals surface area contributed by atoms with Crippen molar-refractivity contribution in [2.75, 3.05) is 0 Å². The van der Waals surface area contributed by atoms with Crippen molar-refractivity contribution in [3.8, 4) is 11.5 Å². The van der Waals surface area contributed by atoms with Gasteiger partial charge in [0.1, 0.15) is 13.5 Å². The van der Waals surface area contributed by atoms with Crippen molar-refractivity contribution in [1.82, 2.24) is 0 Å². The molecule has 0 radical (unpaired) electrons. The molecule has 2 atom stereocenters. The van der Waals surface area contributed by atoms with Crippen LogP contribution in [0.3, 0.4) is 0 Å².